The molecule has 2 aromatic rings. The molecule has 1 aliphatic rings. The molecule has 1 aliphatic carbocycles. The number of fused-ring (bicyclic) bond motifs is 1. The van der Waals surface area contributed by atoms with Gasteiger partial charge in [0, 0.05) is 24.1 Å². The van der Waals surface area contributed by atoms with Gasteiger partial charge < -0.3 is 14.4 Å². The Kier molecular flexibility index (Phi) is 3.72. The predicted molar refractivity (Wildman–Crippen MR) is 81.5 cm³/mol. The fourth-order valence-corrected chi connectivity index (χ4v) is 3.34. The van der Waals surface area contributed by atoms with Gasteiger partial charge in [-0.25, -0.2) is 4.79 Å². The molecule has 0 aliphatic heterocycles. The molecule has 0 unspecified atom stereocenters. The molecule has 1 N–H and O–H groups in total. The highest BCUT2D eigenvalue weighted by atomic mass is 16.5. The minimum atomic E-state index is -0.297. The second kappa shape index (κ2) is 5.53. The number of aryl methyl sites for hydroxylation is 1. The first kappa shape index (κ1) is 14.1. The number of carbonyl (C=O) groups is 1. The van der Waals surface area contributed by atoms with Gasteiger partial charge in [-0.1, -0.05) is 12.1 Å². The van der Waals surface area contributed by atoms with Crippen LogP contribution in [0.5, 0.6) is 0 Å². The van der Waals surface area contributed by atoms with Crippen molar-refractivity contribution < 1.29 is 14.6 Å². The number of hydrogen-bond donors (Lipinski definition) is 1. The van der Waals surface area contributed by atoms with Gasteiger partial charge in [0.15, 0.2) is 0 Å². The fourth-order valence-electron chi connectivity index (χ4n) is 3.34. The van der Waals surface area contributed by atoms with Crippen LogP contribution in [0.25, 0.3) is 10.9 Å². The van der Waals surface area contributed by atoms with Gasteiger partial charge in [-0.2, -0.15) is 0 Å². The Morgan fingerprint density at radius 1 is 1.29 bits per heavy atom. The van der Waals surface area contributed by atoms with Gasteiger partial charge in [-0.3, -0.25) is 0 Å². The molecular weight excluding hydrogens is 266 g/mol. The zero-order chi connectivity index (χ0) is 15.0. The van der Waals surface area contributed by atoms with E-state index in [2.05, 4.69) is 12.1 Å². The number of nitrogens with zero attached hydrogens (tertiary/aromatic N) is 1. The number of aromatic nitrogens is 1. The van der Waals surface area contributed by atoms with Crippen molar-refractivity contribution in [3.8, 4) is 0 Å². The fraction of sp³-hybridized carbons (Fsp3) is 0.471. The van der Waals surface area contributed by atoms with Gasteiger partial charge in [0.2, 0.25) is 0 Å². The monoisotopic (exact) mass is 287 g/mol. The van der Waals surface area contributed by atoms with Gasteiger partial charge in [-0.05, 0) is 43.2 Å². The standard InChI is InChI=1S/C17H21NO3/c1-18-10-15(17(20)21-2)14-8-5-12(9-16(14)18)11-3-6-13(19)7-4-11/h5,8-11,13,19H,3-4,6-7H2,1-2H3/t11-,13+. The third-order valence-electron chi connectivity index (χ3n) is 4.59. The molecule has 3 rings (SSSR count). The van der Waals surface area contributed by atoms with E-state index in [0.717, 1.165) is 36.6 Å². The van der Waals surface area contributed by atoms with Crippen molar-refractivity contribution in [2.45, 2.75) is 37.7 Å². The Labute approximate surface area is 124 Å². The summed E-state index contributed by atoms with van der Waals surface area (Å²) in [6.45, 7) is 0. The van der Waals surface area contributed by atoms with Crippen LogP contribution in [0.3, 0.4) is 0 Å². The lowest BCUT2D eigenvalue weighted by Crippen LogP contribution is -2.16. The number of esters is 1. The largest absolute Gasteiger partial charge is 0.465 e. The molecular formula is C17H21NO3. The highest BCUT2D eigenvalue weighted by molar-refractivity contribution is 6.04. The number of methoxy groups -OCH3 is 1. The Balaban J connectivity index is 1.97. The van der Waals surface area contributed by atoms with E-state index in [4.69, 9.17) is 4.74 Å². The van der Waals surface area contributed by atoms with Crippen molar-refractivity contribution in [3.05, 3.63) is 35.5 Å². The summed E-state index contributed by atoms with van der Waals surface area (Å²) < 4.78 is 6.81. The van der Waals surface area contributed by atoms with E-state index < -0.39 is 0 Å². The van der Waals surface area contributed by atoms with Crippen molar-refractivity contribution in [1.29, 1.82) is 0 Å². The van der Waals surface area contributed by atoms with Gasteiger partial charge in [-0.15, -0.1) is 0 Å². The van der Waals surface area contributed by atoms with Crippen LogP contribution in [0, 0.1) is 0 Å². The van der Waals surface area contributed by atoms with E-state index in [0.29, 0.717) is 11.5 Å². The highest BCUT2D eigenvalue weighted by Crippen LogP contribution is 2.35. The lowest BCUT2D eigenvalue weighted by Gasteiger charge is -2.25. The van der Waals surface area contributed by atoms with Crippen LogP contribution in [0.1, 0.15) is 47.5 Å². The number of aliphatic hydroxyl groups is 1. The predicted octanol–water partition coefficient (Wildman–Crippen LogP) is 2.98. The number of rotatable bonds is 2. The molecule has 1 heterocycles. The van der Waals surface area contributed by atoms with Crippen molar-refractivity contribution in [1.82, 2.24) is 4.57 Å². The molecule has 1 saturated carbocycles. The topological polar surface area (TPSA) is 51.5 Å². The van der Waals surface area contributed by atoms with Crippen LogP contribution in [0.4, 0.5) is 0 Å². The first-order valence-electron chi connectivity index (χ1n) is 7.45. The maximum atomic E-state index is 11.8. The van der Waals surface area contributed by atoms with E-state index in [1.165, 1.54) is 12.7 Å². The second-order valence-corrected chi connectivity index (χ2v) is 5.93. The number of aliphatic hydroxyl groups excluding tert-OH is 1. The van der Waals surface area contributed by atoms with Crippen molar-refractivity contribution >= 4 is 16.9 Å². The highest BCUT2D eigenvalue weighted by Gasteiger charge is 2.22. The zero-order valence-electron chi connectivity index (χ0n) is 12.5. The van der Waals surface area contributed by atoms with Crippen molar-refractivity contribution in [3.63, 3.8) is 0 Å². The molecule has 1 aromatic carbocycles. The lowest BCUT2D eigenvalue weighted by atomic mass is 9.82. The summed E-state index contributed by atoms with van der Waals surface area (Å²) in [4.78, 5) is 11.8. The molecule has 112 valence electrons. The maximum Gasteiger partial charge on any atom is 0.340 e. The lowest BCUT2D eigenvalue weighted by molar-refractivity contribution is 0.0602. The minimum Gasteiger partial charge on any atom is -0.465 e. The molecule has 0 radical (unpaired) electrons. The number of benzene rings is 1. The average Bonchev–Trinajstić information content (AvgIpc) is 2.84. The van der Waals surface area contributed by atoms with E-state index in [-0.39, 0.29) is 12.1 Å². The minimum absolute atomic E-state index is 0.133. The summed E-state index contributed by atoms with van der Waals surface area (Å²) >= 11 is 0. The van der Waals surface area contributed by atoms with Gasteiger partial charge in [0.05, 0.1) is 18.8 Å². The van der Waals surface area contributed by atoms with Crippen LogP contribution in [-0.4, -0.2) is 28.9 Å². The van der Waals surface area contributed by atoms with Crippen LogP contribution in [-0.2, 0) is 11.8 Å². The summed E-state index contributed by atoms with van der Waals surface area (Å²) in [5, 5.41) is 10.6. The average molecular weight is 287 g/mol. The molecule has 0 atom stereocenters. The third-order valence-corrected chi connectivity index (χ3v) is 4.59. The third kappa shape index (κ3) is 2.56. The van der Waals surface area contributed by atoms with Crippen molar-refractivity contribution in [2.24, 2.45) is 7.05 Å². The summed E-state index contributed by atoms with van der Waals surface area (Å²) in [7, 11) is 3.35. The first-order chi connectivity index (χ1) is 10.1. The van der Waals surface area contributed by atoms with E-state index in [9.17, 15) is 9.90 Å². The quantitative estimate of drug-likeness (QED) is 0.864. The van der Waals surface area contributed by atoms with E-state index in [1.54, 1.807) is 0 Å². The first-order valence-corrected chi connectivity index (χ1v) is 7.45. The van der Waals surface area contributed by atoms with Crippen LogP contribution in [0.15, 0.2) is 24.4 Å². The Morgan fingerprint density at radius 2 is 2.00 bits per heavy atom. The van der Waals surface area contributed by atoms with Crippen LogP contribution < -0.4 is 0 Å². The molecule has 0 spiro atoms. The number of hydrogen-bond acceptors (Lipinski definition) is 3. The molecule has 1 fully saturated rings. The smallest absolute Gasteiger partial charge is 0.340 e. The SMILES string of the molecule is COC(=O)c1cn(C)c2cc([C@H]3CC[C@@H](O)CC3)ccc12. The Hall–Kier alpha value is -1.81. The van der Waals surface area contributed by atoms with Gasteiger partial charge >= 0.3 is 5.97 Å². The summed E-state index contributed by atoms with van der Waals surface area (Å²) in [5.74, 6) is 0.211. The molecule has 1 aromatic heterocycles. The Bertz CT molecular complexity index is 666. The number of carbonyl (C=O) groups excluding carboxylic acids is 1. The van der Waals surface area contributed by atoms with E-state index in [1.807, 2.05) is 23.9 Å². The van der Waals surface area contributed by atoms with Gasteiger partial charge in [0.1, 0.15) is 0 Å². The summed E-state index contributed by atoms with van der Waals surface area (Å²) in [5.41, 5.74) is 2.96. The molecule has 21 heavy (non-hydrogen) atoms. The summed E-state index contributed by atoms with van der Waals surface area (Å²) in [6, 6.07) is 6.29. The van der Waals surface area contributed by atoms with Crippen LogP contribution >= 0.6 is 0 Å². The van der Waals surface area contributed by atoms with Gasteiger partial charge in [0.25, 0.3) is 0 Å². The maximum absolute atomic E-state index is 11.8. The molecule has 4 heteroatoms. The molecule has 4 nitrogen and oxygen atoms in total. The number of ether oxygens (including phenoxy) is 1. The second-order valence-electron chi connectivity index (χ2n) is 5.93. The van der Waals surface area contributed by atoms with E-state index >= 15 is 0 Å². The molecule has 0 bridgehead atoms. The zero-order valence-corrected chi connectivity index (χ0v) is 12.5. The van der Waals surface area contributed by atoms with Crippen molar-refractivity contribution in [2.75, 3.05) is 7.11 Å². The van der Waals surface area contributed by atoms with Crippen LogP contribution in [0.2, 0.25) is 0 Å². The normalized spacial score (nSPS) is 22.4. The summed E-state index contributed by atoms with van der Waals surface area (Å²) in [6.07, 6.45) is 5.50. The Morgan fingerprint density at radius 3 is 2.67 bits per heavy atom. The molecule has 0 amide bonds. The molecule has 0 saturated heterocycles.